The van der Waals surface area contributed by atoms with Crippen LogP contribution in [0, 0.1) is 0 Å². The minimum atomic E-state index is -0.655. The lowest BCUT2D eigenvalue weighted by Gasteiger charge is -2.20. The van der Waals surface area contributed by atoms with Crippen LogP contribution in [0.15, 0.2) is 36.3 Å². The van der Waals surface area contributed by atoms with Gasteiger partial charge in [-0.25, -0.2) is 4.79 Å². The summed E-state index contributed by atoms with van der Waals surface area (Å²) in [5.74, 6) is -1.04. The minimum absolute atomic E-state index is 0.0158. The van der Waals surface area contributed by atoms with Crippen LogP contribution in [-0.4, -0.2) is 41.3 Å². The van der Waals surface area contributed by atoms with E-state index in [0.717, 1.165) is 0 Å². The minimum Gasteiger partial charge on any atom is -0.456 e. The molecule has 0 aliphatic rings. The number of ether oxygens (including phenoxy) is 1. The van der Waals surface area contributed by atoms with Crippen molar-refractivity contribution in [3.63, 3.8) is 0 Å². The molecule has 108 valence electrons. The van der Waals surface area contributed by atoms with Crippen LogP contribution >= 0.6 is 0 Å². The molecule has 0 bridgehead atoms. The van der Waals surface area contributed by atoms with E-state index in [-0.39, 0.29) is 5.57 Å². The molecule has 0 fully saturated rings. The first-order chi connectivity index (χ1) is 9.20. The number of carbonyl (C=O) groups excluding carboxylic acids is 2. The van der Waals surface area contributed by atoms with E-state index in [9.17, 15) is 9.59 Å². The lowest BCUT2D eigenvalue weighted by atomic mass is 10.1. The molecule has 1 rings (SSSR count). The molecule has 0 unspecified atom stereocenters. The molecule has 0 spiro atoms. The SMILES string of the molecule is CN(C)/C=C(\C(=O)OC(C)(C)C)C(=O)c1cccnc1. The van der Waals surface area contributed by atoms with Gasteiger partial charge in [0.25, 0.3) is 0 Å². The Labute approximate surface area is 119 Å². The van der Waals surface area contributed by atoms with Gasteiger partial charge in [-0.1, -0.05) is 0 Å². The third kappa shape index (κ3) is 4.84. The summed E-state index contributed by atoms with van der Waals surface area (Å²) in [5.41, 5.74) is -0.318. The lowest BCUT2D eigenvalue weighted by Crippen LogP contribution is -2.28. The largest absolute Gasteiger partial charge is 0.456 e. The predicted octanol–water partition coefficient (Wildman–Crippen LogP) is 2.05. The Bertz CT molecular complexity index is 514. The fourth-order valence-corrected chi connectivity index (χ4v) is 1.45. The topological polar surface area (TPSA) is 59.5 Å². The zero-order valence-electron chi connectivity index (χ0n) is 12.5. The molecule has 0 aromatic carbocycles. The van der Waals surface area contributed by atoms with E-state index in [2.05, 4.69) is 4.98 Å². The molecule has 0 saturated carbocycles. The maximum Gasteiger partial charge on any atom is 0.344 e. The molecule has 1 aromatic rings. The summed E-state index contributed by atoms with van der Waals surface area (Å²) in [7, 11) is 3.47. The van der Waals surface area contributed by atoms with E-state index in [0.29, 0.717) is 5.56 Å². The van der Waals surface area contributed by atoms with Crippen molar-refractivity contribution in [2.75, 3.05) is 14.1 Å². The third-order valence-corrected chi connectivity index (χ3v) is 2.17. The van der Waals surface area contributed by atoms with Crippen LogP contribution in [0.3, 0.4) is 0 Å². The van der Waals surface area contributed by atoms with Crippen molar-refractivity contribution in [3.8, 4) is 0 Å². The average molecular weight is 276 g/mol. The molecular weight excluding hydrogens is 256 g/mol. The number of ketones is 1. The highest BCUT2D eigenvalue weighted by molar-refractivity contribution is 6.24. The van der Waals surface area contributed by atoms with E-state index >= 15 is 0 Å². The van der Waals surface area contributed by atoms with Crippen molar-refractivity contribution in [1.82, 2.24) is 9.88 Å². The Morgan fingerprint density at radius 1 is 1.30 bits per heavy atom. The van der Waals surface area contributed by atoms with E-state index in [1.807, 2.05) is 0 Å². The molecule has 0 aliphatic carbocycles. The molecular formula is C15H20N2O3. The summed E-state index contributed by atoms with van der Waals surface area (Å²) in [6.07, 6.45) is 4.46. The van der Waals surface area contributed by atoms with Crippen molar-refractivity contribution in [3.05, 3.63) is 41.9 Å². The van der Waals surface area contributed by atoms with Crippen molar-refractivity contribution < 1.29 is 14.3 Å². The zero-order valence-corrected chi connectivity index (χ0v) is 12.5. The van der Waals surface area contributed by atoms with Gasteiger partial charge in [0.15, 0.2) is 0 Å². The van der Waals surface area contributed by atoms with Crippen LogP contribution in [-0.2, 0) is 9.53 Å². The van der Waals surface area contributed by atoms with Gasteiger partial charge >= 0.3 is 5.97 Å². The van der Waals surface area contributed by atoms with Crippen LogP contribution in [0.5, 0.6) is 0 Å². The number of rotatable bonds is 4. The molecule has 1 aromatic heterocycles. The summed E-state index contributed by atoms with van der Waals surface area (Å²) in [6.45, 7) is 5.27. The number of nitrogens with zero attached hydrogens (tertiary/aromatic N) is 2. The van der Waals surface area contributed by atoms with Gasteiger partial charge in [-0.2, -0.15) is 0 Å². The van der Waals surface area contributed by atoms with E-state index in [4.69, 9.17) is 4.74 Å². The maximum absolute atomic E-state index is 12.4. The second kappa shape index (κ2) is 6.32. The zero-order chi connectivity index (χ0) is 15.3. The van der Waals surface area contributed by atoms with Crippen LogP contribution < -0.4 is 0 Å². The van der Waals surface area contributed by atoms with Gasteiger partial charge in [0, 0.05) is 38.3 Å². The molecule has 5 heteroatoms. The predicted molar refractivity (Wildman–Crippen MR) is 76.2 cm³/mol. The quantitative estimate of drug-likeness (QED) is 0.277. The first kappa shape index (κ1) is 15.9. The van der Waals surface area contributed by atoms with Crippen molar-refractivity contribution in [2.24, 2.45) is 0 Å². The van der Waals surface area contributed by atoms with Gasteiger partial charge in [0.05, 0.1) is 0 Å². The molecule has 0 saturated heterocycles. The number of carbonyl (C=O) groups is 2. The van der Waals surface area contributed by atoms with Gasteiger partial charge in [0.1, 0.15) is 11.2 Å². The molecule has 0 radical (unpaired) electrons. The smallest absolute Gasteiger partial charge is 0.344 e. The Hall–Kier alpha value is -2.17. The monoisotopic (exact) mass is 276 g/mol. The number of Topliss-reactive ketones (excluding diaryl/α,β-unsaturated/α-hetero) is 1. The van der Waals surface area contributed by atoms with Gasteiger partial charge in [-0.15, -0.1) is 0 Å². The summed E-state index contributed by atoms with van der Waals surface area (Å²) >= 11 is 0. The van der Waals surface area contributed by atoms with Crippen LogP contribution in [0.1, 0.15) is 31.1 Å². The number of hydrogen-bond donors (Lipinski definition) is 0. The molecule has 1 heterocycles. The van der Waals surface area contributed by atoms with Crippen molar-refractivity contribution >= 4 is 11.8 Å². The van der Waals surface area contributed by atoms with E-state index in [1.54, 1.807) is 58.1 Å². The molecule has 0 atom stereocenters. The summed E-state index contributed by atoms with van der Waals surface area (Å²) in [4.78, 5) is 30.0. The summed E-state index contributed by atoms with van der Waals surface area (Å²) in [6, 6.07) is 3.26. The highest BCUT2D eigenvalue weighted by atomic mass is 16.6. The Kier molecular flexibility index (Phi) is 5.02. The Balaban J connectivity index is 3.09. The van der Waals surface area contributed by atoms with Gasteiger partial charge in [-0.05, 0) is 32.9 Å². The standard InChI is InChI=1S/C15H20N2O3/c1-15(2,3)20-14(19)12(10-17(4)5)13(18)11-7-6-8-16-9-11/h6-10H,1-5H3/b12-10-. The van der Waals surface area contributed by atoms with Crippen molar-refractivity contribution in [1.29, 1.82) is 0 Å². The normalized spacial score (nSPS) is 11.9. The molecule has 0 aliphatic heterocycles. The Morgan fingerprint density at radius 2 is 1.95 bits per heavy atom. The van der Waals surface area contributed by atoms with Crippen LogP contribution in [0.25, 0.3) is 0 Å². The van der Waals surface area contributed by atoms with Crippen molar-refractivity contribution in [2.45, 2.75) is 26.4 Å². The number of hydrogen-bond acceptors (Lipinski definition) is 5. The maximum atomic E-state index is 12.4. The highest BCUT2D eigenvalue weighted by Crippen LogP contribution is 2.15. The lowest BCUT2D eigenvalue weighted by molar-refractivity contribution is -0.149. The first-order valence-corrected chi connectivity index (χ1v) is 6.27. The molecule has 5 nitrogen and oxygen atoms in total. The number of pyridine rings is 1. The molecule has 0 N–H and O–H groups in total. The number of esters is 1. The summed E-state index contributed by atoms with van der Waals surface area (Å²) < 4.78 is 5.27. The van der Waals surface area contributed by atoms with Gasteiger partial charge in [0.2, 0.25) is 5.78 Å². The number of aromatic nitrogens is 1. The molecule has 20 heavy (non-hydrogen) atoms. The van der Waals surface area contributed by atoms with E-state index < -0.39 is 17.4 Å². The van der Waals surface area contributed by atoms with Crippen LogP contribution in [0.2, 0.25) is 0 Å². The average Bonchev–Trinajstić information content (AvgIpc) is 2.34. The first-order valence-electron chi connectivity index (χ1n) is 6.27. The van der Waals surface area contributed by atoms with Crippen LogP contribution in [0.4, 0.5) is 0 Å². The Morgan fingerprint density at radius 3 is 2.40 bits per heavy atom. The second-order valence-electron chi connectivity index (χ2n) is 5.58. The molecule has 0 amide bonds. The fraction of sp³-hybridized carbons (Fsp3) is 0.400. The van der Waals surface area contributed by atoms with Gasteiger partial charge in [-0.3, -0.25) is 9.78 Å². The fourth-order valence-electron chi connectivity index (χ4n) is 1.45. The van der Waals surface area contributed by atoms with E-state index in [1.165, 1.54) is 12.4 Å². The third-order valence-electron chi connectivity index (χ3n) is 2.17. The highest BCUT2D eigenvalue weighted by Gasteiger charge is 2.26. The summed E-state index contributed by atoms with van der Waals surface area (Å²) in [5, 5.41) is 0. The second-order valence-corrected chi connectivity index (χ2v) is 5.58. The van der Waals surface area contributed by atoms with Gasteiger partial charge < -0.3 is 9.64 Å².